The van der Waals surface area contributed by atoms with Gasteiger partial charge in [0, 0.05) is 13.6 Å². The lowest BCUT2D eigenvalue weighted by molar-refractivity contribution is 0.794. The predicted molar refractivity (Wildman–Crippen MR) is 66.6 cm³/mol. The van der Waals surface area contributed by atoms with Gasteiger partial charge < -0.3 is 10.6 Å². The van der Waals surface area contributed by atoms with Crippen molar-refractivity contribution < 1.29 is 0 Å². The summed E-state index contributed by atoms with van der Waals surface area (Å²) in [6.45, 7) is 1.70. The number of nitrogens with zero attached hydrogens (tertiary/aromatic N) is 2. The molecule has 0 aliphatic carbocycles. The fourth-order valence-electron chi connectivity index (χ4n) is 1.45. The Kier molecular flexibility index (Phi) is 3.18. The van der Waals surface area contributed by atoms with Crippen molar-refractivity contribution in [2.75, 3.05) is 25.0 Å². The lowest BCUT2D eigenvalue weighted by Crippen LogP contribution is -2.20. The molecule has 1 heterocycles. The molecule has 1 aromatic carbocycles. The maximum atomic E-state index is 5.49. The number of para-hydroxylation sites is 1. The van der Waals surface area contributed by atoms with E-state index in [0.29, 0.717) is 0 Å². The molecule has 0 bridgehead atoms. The zero-order valence-corrected chi connectivity index (χ0v) is 9.63. The highest BCUT2D eigenvalue weighted by atomic mass is 32.1. The molecular weight excluding hydrogens is 206 g/mol. The van der Waals surface area contributed by atoms with Crippen LogP contribution in [0.4, 0.5) is 5.13 Å². The average Bonchev–Trinajstić information content (AvgIpc) is 2.69. The van der Waals surface area contributed by atoms with Gasteiger partial charge in [-0.25, -0.2) is 4.98 Å². The molecule has 0 aliphatic rings. The van der Waals surface area contributed by atoms with Crippen molar-refractivity contribution in [3.63, 3.8) is 0 Å². The van der Waals surface area contributed by atoms with E-state index in [0.717, 1.165) is 30.2 Å². The highest BCUT2D eigenvalue weighted by molar-refractivity contribution is 7.22. The van der Waals surface area contributed by atoms with Crippen molar-refractivity contribution in [3.05, 3.63) is 24.3 Å². The molecule has 4 heteroatoms. The summed E-state index contributed by atoms with van der Waals surface area (Å²) in [5.74, 6) is 0. The summed E-state index contributed by atoms with van der Waals surface area (Å²) < 4.78 is 1.24. The van der Waals surface area contributed by atoms with Gasteiger partial charge in [0.15, 0.2) is 5.13 Å². The zero-order valence-electron chi connectivity index (χ0n) is 8.81. The molecule has 0 unspecified atom stereocenters. The van der Waals surface area contributed by atoms with E-state index in [2.05, 4.69) is 23.0 Å². The Labute approximate surface area is 93.5 Å². The van der Waals surface area contributed by atoms with Gasteiger partial charge in [-0.1, -0.05) is 23.5 Å². The number of fused-ring (bicyclic) bond motifs is 1. The van der Waals surface area contributed by atoms with Gasteiger partial charge in [-0.15, -0.1) is 0 Å². The number of anilines is 1. The van der Waals surface area contributed by atoms with Crippen LogP contribution in [0.5, 0.6) is 0 Å². The lowest BCUT2D eigenvalue weighted by atomic mass is 10.3. The summed E-state index contributed by atoms with van der Waals surface area (Å²) in [4.78, 5) is 6.73. The van der Waals surface area contributed by atoms with Gasteiger partial charge in [-0.2, -0.15) is 0 Å². The van der Waals surface area contributed by atoms with E-state index in [1.165, 1.54) is 4.70 Å². The SMILES string of the molecule is CN(CCCN)c1nc2ccccc2s1. The summed E-state index contributed by atoms with van der Waals surface area (Å²) in [5, 5.41) is 1.07. The van der Waals surface area contributed by atoms with Crippen LogP contribution in [0.15, 0.2) is 24.3 Å². The van der Waals surface area contributed by atoms with Crippen LogP contribution in [0.25, 0.3) is 10.2 Å². The number of aromatic nitrogens is 1. The van der Waals surface area contributed by atoms with Crippen molar-refractivity contribution in [3.8, 4) is 0 Å². The van der Waals surface area contributed by atoms with E-state index in [9.17, 15) is 0 Å². The van der Waals surface area contributed by atoms with E-state index >= 15 is 0 Å². The second kappa shape index (κ2) is 4.59. The minimum atomic E-state index is 0.731. The van der Waals surface area contributed by atoms with Crippen molar-refractivity contribution in [2.24, 2.45) is 5.73 Å². The number of hydrogen-bond acceptors (Lipinski definition) is 4. The first-order valence-corrected chi connectivity index (χ1v) is 5.89. The van der Waals surface area contributed by atoms with E-state index in [1.807, 2.05) is 18.2 Å². The van der Waals surface area contributed by atoms with Crippen LogP contribution in [-0.2, 0) is 0 Å². The van der Waals surface area contributed by atoms with E-state index < -0.39 is 0 Å². The Morgan fingerprint density at radius 3 is 2.93 bits per heavy atom. The second-order valence-corrected chi connectivity index (χ2v) is 4.54. The molecule has 2 N–H and O–H groups in total. The minimum Gasteiger partial charge on any atom is -0.351 e. The maximum absolute atomic E-state index is 5.49. The summed E-state index contributed by atoms with van der Waals surface area (Å²) in [6, 6.07) is 8.22. The molecule has 15 heavy (non-hydrogen) atoms. The van der Waals surface area contributed by atoms with E-state index in [-0.39, 0.29) is 0 Å². The fourth-order valence-corrected chi connectivity index (χ4v) is 2.40. The highest BCUT2D eigenvalue weighted by Gasteiger charge is 2.06. The normalized spacial score (nSPS) is 10.8. The Hall–Kier alpha value is -1.13. The summed E-state index contributed by atoms with van der Waals surface area (Å²) in [6.07, 6.45) is 1.01. The number of hydrogen-bond donors (Lipinski definition) is 1. The monoisotopic (exact) mass is 221 g/mol. The van der Waals surface area contributed by atoms with Gasteiger partial charge in [0.25, 0.3) is 0 Å². The number of thiazole rings is 1. The lowest BCUT2D eigenvalue weighted by Gasteiger charge is -2.14. The van der Waals surface area contributed by atoms with Crippen molar-refractivity contribution in [1.82, 2.24) is 4.98 Å². The maximum Gasteiger partial charge on any atom is 0.186 e. The van der Waals surface area contributed by atoms with Crippen molar-refractivity contribution in [1.29, 1.82) is 0 Å². The predicted octanol–water partition coefficient (Wildman–Crippen LogP) is 2.08. The van der Waals surface area contributed by atoms with Crippen LogP contribution in [0.2, 0.25) is 0 Å². The van der Waals surface area contributed by atoms with Crippen molar-refractivity contribution in [2.45, 2.75) is 6.42 Å². The fraction of sp³-hybridized carbons (Fsp3) is 0.364. The molecule has 2 rings (SSSR count). The molecule has 0 saturated heterocycles. The van der Waals surface area contributed by atoms with Crippen LogP contribution in [0.1, 0.15) is 6.42 Å². The Morgan fingerprint density at radius 2 is 2.20 bits per heavy atom. The first kappa shape index (κ1) is 10.4. The van der Waals surface area contributed by atoms with Gasteiger partial charge in [0.1, 0.15) is 0 Å². The third-order valence-corrected chi connectivity index (χ3v) is 3.46. The average molecular weight is 221 g/mol. The Balaban J connectivity index is 2.20. The topological polar surface area (TPSA) is 42.1 Å². The number of nitrogens with two attached hydrogens (primary N) is 1. The molecule has 0 spiro atoms. The third-order valence-electron chi connectivity index (χ3n) is 2.31. The third kappa shape index (κ3) is 2.27. The molecule has 80 valence electrons. The van der Waals surface area contributed by atoms with E-state index in [4.69, 9.17) is 5.73 Å². The quantitative estimate of drug-likeness (QED) is 0.859. The molecule has 0 amide bonds. The standard InChI is InChI=1S/C11H15N3S/c1-14(8-4-7-12)11-13-9-5-2-3-6-10(9)15-11/h2-3,5-6H,4,7-8,12H2,1H3. The number of benzene rings is 1. The minimum absolute atomic E-state index is 0.731. The van der Waals surface area contributed by atoms with Gasteiger partial charge in [-0.3, -0.25) is 0 Å². The van der Waals surface area contributed by atoms with Gasteiger partial charge in [0.05, 0.1) is 10.2 Å². The van der Waals surface area contributed by atoms with Crippen LogP contribution in [0, 0.1) is 0 Å². The molecule has 1 aromatic heterocycles. The van der Waals surface area contributed by atoms with Crippen LogP contribution >= 0.6 is 11.3 Å². The molecule has 2 aromatic rings. The van der Waals surface area contributed by atoms with Crippen molar-refractivity contribution >= 4 is 26.7 Å². The highest BCUT2D eigenvalue weighted by Crippen LogP contribution is 2.27. The molecule has 0 saturated carbocycles. The van der Waals surface area contributed by atoms with Crippen LogP contribution in [-0.4, -0.2) is 25.1 Å². The molecule has 0 aliphatic heterocycles. The Morgan fingerprint density at radius 1 is 1.40 bits per heavy atom. The smallest absolute Gasteiger partial charge is 0.186 e. The second-order valence-electron chi connectivity index (χ2n) is 3.53. The van der Waals surface area contributed by atoms with Gasteiger partial charge in [0.2, 0.25) is 0 Å². The number of rotatable bonds is 4. The molecule has 0 radical (unpaired) electrons. The zero-order chi connectivity index (χ0) is 10.7. The largest absolute Gasteiger partial charge is 0.351 e. The molecular formula is C11H15N3S. The van der Waals surface area contributed by atoms with E-state index in [1.54, 1.807) is 11.3 Å². The van der Waals surface area contributed by atoms with Gasteiger partial charge in [-0.05, 0) is 25.1 Å². The molecule has 3 nitrogen and oxygen atoms in total. The molecule has 0 fully saturated rings. The van der Waals surface area contributed by atoms with Gasteiger partial charge >= 0.3 is 0 Å². The first-order chi connectivity index (χ1) is 7.31. The summed E-state index contributed by atoms with van der Waals surface area (Å²) in [5.41, 5.74) is 6.57. The van der Waals surface area contributed by atoms with Crippen LogP contribution in [0.3, 0.4) is 0 Å². The summed E-state index contributed by atoms with van der Waals surface area (Å²) >= 11 is 1.73. The Bertz CT molecular complexity index is 405. The van der Waals surface area contributed by atoms with Crippen LogP contribution < -0.4 is 10.6 Å². The first-order valence-electron chi connectivity index (χ1n) is 5.08. The molecule has 0 atom stereocenters. The summed E-state index contributed by atoms with van der Waals surface area (Å²) in [7, 11) is 2.06.